The molecular weight excluding hydrogens is 378 g/mol. The predicted octanol–water partition coefficient (Wildman–Crippen LogP) is 0.953. The Labute approximate surface area is 166 Å². The third kappa shape index (κ3) is 3.36. The number of aromatic amines is 1. The first kappa shape index (κ1) is 19.4. The molecule has 2 aliphatic rings. The highest BCUT2D eigenvalue weighted by atomic mass is 16.5. The van der Waals surface area contributed by atoms with E-state index in [2.05, 4.69) is 15.6 Å². The summed E-state index contributed by atoms with van der Waals surface area (Å²) in [6.45, 7) is 4.90. The maximum Gasteiger partial charge on any atom is 0.274 e. The zero-order valence-electron chi connectivity index (χ0n) is 16.4. The SMILES string of the molecule is COc1ccc(NC2C(=O)C(=O)C2NC(c2ccc(C)o2)C2(C)COC2)c(=O)[nH]1. The van der Waals surface area contributed by atoms with E-state index in [-0.39, 0.29) is 17.1 Å². The lowest BCUT2D eigenvalue weighted by Gasteiger charge is -2.47. The van der Waals surface area contributed by atoms with Gasteiger partial charge in [-0.1, -0.05) is 6.92 Å². The molecule has 1 aliphatic carbocycles. The van der Waals surface area contributed by atoms with Crippen LogP contribution in [0.5, 0.6) is 5.88 Å². The maximum absolute atomic E-state index is 12.3. The van der Waals surface area contributed by atoms with Gasteiger partial charge in [0.05, 0.1) is 26.4 Å². The van der Waals surface area contributed by atoms with Gasteiger partial charge in [0.25, 0.3) is 5.56 Å². The van der Waals surface area contributed by atoms with Crippen LogP contribution in [-0.4, -0.2) is 49.0 Å². The molecule has 1 aliphatic heterocycles. The number of aryl methyl sites for hydroxylation is 1. The minimum absolute atomic E-state index is 0.187. The molecule has 29 heavy (non-hydrogen) atoms. The van der Waals surface area contributed by atoms with Gasteiger partial charge in [-0.05, 0) is 25.1 Å². The second-order valence-corrected chi connectivity index (χ2v) is 7.79. The van der Waals surface area contributed by atoms with Gasteiger partial charge in [-0.25, -0.2) is 0 Å². The van der Waals surface area contributed by atoms with Crippen LogP contribution in [0.2, 0.25) is 0 Å². The topological polar surface area (TPSA) is 123 Å². The average Bonchev–Trinajstić information content (AvgIpc) is 3.12. The molecule has 0 bridgehead atoms. The summed E-state index contributed by atoms with van der Waals surface area (Å²) in [7, 11) is 1.44. The first-order chi connectivity index (χ1) is 13.8. The number of carbonyl (C=O) groups is 2. The number of carbonyl (C=O) groups excluding carboxylic acids is 2. The largest absolute Gasteiger partial charge is 0.482 e. The Morgan fingerprint density at radius 3 is 2.41 bits per heavy atom. The van der Waals surface area contributed by atoms with Gasteiger partial charge in [0.1, 0.15) is 29.3 Å². The van der Waals surface area contributed by atoms with E-state index in [4.69, 9.17) is 13.9 Å². The van der Waals surface area contributed by atoms with Crippen molar-refractivity contribution in [1.82, 2.24) is 10.3 Å². The lowest BCUT2D eigenvalue weighted by atomic mass is 9.76. The van der Waals surface area contributed by atoms with Crippen LogP contribution in [-0.2, 0) is 14.3 Å². The molecule has 0 spiro atoms. The molecule has 3 N–H and O–H groups in total. The zero-order valence-corrected chi connectivity index (χ0v) is 16.4. The highest BCUT2D eigenvalue weighted by molar-refractivity contribution is 6.49. The molecule has 3 heterocycles. The van der Waals surface area contributed by atoms with Crippen molar-refractivity contribution in [2.24, 2.45) is 5.41 Å². The van der Waals surface area contributed by atoms with Crippen molar-refractivity contribution in [2.45, 2.75) is 32.0 Å². The Bertz CT molecular complexity index is 1010. The van der Waals surface area contributed by atoms with Gasteiger partial charge in [-0.3, -0.25) is 24.7 Å². The Morgan fingerprint density at radius 2 is 1.86 bits per heavy atom. The number of rotatable bonds is 7. The summed E-state index contributed by atoms with van der Waals surface area (Å²) in [4.78, 5) is 39.3. The molecule has 3 atom stereocenters. The van der Waals surface area contributed by atoms with Crippen molar-refractivity contribution in [1.29, 1.82) is 0 Å². The van der Waals surface area contributed by atoms with Crippen molar-refractivity contribution in [3.63, 3.8) is 0 Å². The molecule has 1 saturated heterocycles. The van der Waals surface area contributed by atoms with E-state index in [0.717, 1.165) is 5.76 Å². The molecule has 0 aromatic carbocycles. The van der Waals surface area contributed by atoms with Crippen LogP contribution in [0.15, 0.2) is 33.5 Å². The van der Waals surface area contributed by atoms with Gasteiger partial charge in [0.15, 0.2) is 5.88 Å². The van der Waals surface area contributed by atoms with E-state index in [9.17, 15) is 14.4 Å². The quantitative estimate of drug-likeness (QED) is 0.586. The standard InChI is InChI=1S/C20H23N3O6/c1-10-4-6-12(29-10)18(20(2)8-28-9-20)23-15-14(16(24)17(15)25)21-11-5-7-13(27-3)22-19(11)26/h4-7,14-15,18,21,23H,8-9H2,1-3H3,(H,22,26). The number of methoxy groups -OCH3 is 1. The highest BCUT2D eigenvalue weighted by Crippen LogP contribution is 2.41. The maximum atomic E-state index is 12.3. The van der Waals surface area contributed by atoms with Crippen molar-refractivity contribution in [3.05, 3.63) is 46.1 Å². The number of hydrogen-bond acceptors (Lipinski definition) is 8. The molecule has 2 aromatic rings. The lowest BCUT2D eigenvalue weighted by molar-refractivity contribution is -0.150. The fourth-order valence-electron chi connectivity index (χ4n) is 3.70. The molecule has 0 radical (unpaired) electrons. The second kappa shape index (κ2) is 7.16. The molecule has 4 rings (SSSR count). The zero-order chi connectivity index (χ0) is 20.8. The summed E-state index contributed by atoms with van der Waals surface area (Å²) >= 11 is 0. The number of ketones is 2. The van der Waals surface area contributed by atoms with Crippen LogP contribution in [0.3, 0.4) is 0 Å². The monoisotopic (exact) mass is 401 g/mol. The van der Waals surface area contributed by atoms with Gasteiger partial charge in [-0.2, -0.15) is 0 Å². The Morgan fingerprint density at radius 1 is 1.14 bits per heavy atom. The van der Waals surface area contributed by atoms with E-state index in [1.807, 2.05) is 26.0 Å². The smallest absolute Gasteiger partial charge is 0.274 e. The van der Waals surface area contributed by atoms with Gasteiger partial charge in [0.2, 0.25) is 11.6 Å². The van der Waals surface area contributed by atoms with Gasteiger partial charge in [-0.15, -0.1) is 0 Å². The molecule has 3 unspecified atom stereocenters. The van der Waals surface area contributed by atoms with Crippen LogP contribution < -0.4 is 20.9 Å². The van der Waals surface area contributed by atoms with Crippen molar-refractivity contribution >= 4 is 17.3 Å². The molecule has 1 saturated carbocycles. The molecule has 2 aromatic heterocycles. The first-order valence-corrected chi connectivity index (χ1v) is 9.34. The molecule has 2 fully saturated rings. The van der Waals surface area contributed by atoms with E-state index >= 15 is 0 Å². The summed E-state index contributed by atoms with van der Waals surface area (Å²) in [5.41, 5.74) is -0.523. The number of hydrogen-bond donors (Lipinski definition) is 3. The number of ether oxygens (including phenoxy) is 2. The highest BCUT2D eigenvalue weighted by Gasteiger charge is 2.53. The Balaban J connectivity index is 1.56. The minimum Gasteiger partial charge on any atom is -0.482 e. The minimum atomic E-state index is -0.847. The van der Waals surface area contributed by atoms with Crippen molar-refractivity contribution < 1.29 is 23.5 Å². The normalized spacial score (nSPS) is 23.8. The van der Waals surface area contributed by atoms with Crippen LogP contribution in [0, 0.1) is 12.3 Å². The molecule has 9 nitrogen and oxygen atoms in total. The molecular formula is C20H23N3O6. The number of anilines is 1. The fourth-order valence-corrected chi connectivity index (χ4v) is 3.70. The Kier molecular flexibility index (Phi) is 4.79. The molecule has 9 heteroatoms. The average molecular weight is 401 g/mol. The number of H-pyrrole nitrogens is 1. The van der Waals surface area contributed by atoms with Crippen LogP contribution in [0.25, 0.3) is 0 Å². The van der Waals surface area contributed by atoms with Gasteiger partial charge < -0.3 is 19.2 Å². The summed E-state index contributed by atoms with van der Waals surface area (Å²) in [5.74, 6) is 0.650. The van der Waals surface area contributed by atoms with E-state index < -0.39 is 29.2 Å². The number of aromatic nitrogens is 1. The molecule has 0 amide bonds. The fraction of sp³-hybridized carbons (Fsp3) is 0.450. The van der Waals surface area contributed by atoms with E-state index in [1.165, 1.54) is 13.2 Å². The third-order valence-electron chi connectivity index (χ3n) is 5.51. The number of nitrogens with one attached hydrogen (secondary N) is 3. The summed E-state index contributed by atoms with van der Waals surface area (Å²) in [5, 5.41) is 6.16. The van der Waals surface area contributed by atoms with Crippen molar-refractivity contribution in [2.75, 3.05) is 25.6 Å². The van der Waals surface area contributed by atoms with E-state index in [0.29, 0.717) is 24.9 Å². The number of Topliss-reactive ketones (excluding diaryl/α,β-unsaturated/α-hetero) is 2. The molecule has 154 valence electrons. The lowest BCUT2D eigenvalue weighted by Crippen LogP contribution is -2.69. The van der Waals surface area contributed by atoms with E-state index in [1.54, 1.807) is 6.07 Å². The van der Waals surface area contributed by atoms with Gasteiger partial charge >= 0.3 is 0 Å². The number of furan rings is 1. The summed E-state index contributed by atoms with van der Waals surface area (Å²) in [6, 6.07) is 4.85. The summed E-state index contributed by atoms with van der Waals surface area (Å²) in [6.07, 6.45) is 0. The van der Waals surface area contributed by atoms with Gasteiger partial charge in [0, 0.05) is 11.5 Å². The van der Waals surface area contributed by atoms with Crippen LogP contribution in [0.4, 0.5) is 5.69 Å². The van der Waals surface area contributed by atoms with Crippen molar-refractivity contribution in [3.8, 4) is 5.88 Å². The Hall–Kier alpha value is -2.91. The summed E-state index contributed by atoms with van der Waals surface area (Å²) < 4.78 is 16.2. The predicted molar refractivity (Wildman–Crippen MR) is 103 cm³/mol. The second-order valence-electron chi connectivity index (χ2n) is 7.79. The first-order valence-electron chi connectivity index (χ1n) is 9.34. The number of pyridine rings is 1. The van der Waals surface area contributed by atoms with Crippen LogP contribution >= 0.6 is 0 Å². The van der Waals surface area contributed by atoms with Crippen LogP contribution in [0.1, 0.15) is 24.5 Å². The third-order valence-corrected chi connectivity index (χ3v) is 5.51.